The van der Waals surface area contributed by atoms with Gasteiger partial charge in [0.05, 0.1) is 6.61 Å². The number of hydrogen-bond donors (Lipinski definition) is 0. The molecule has 1 aliphatic rings. The number of rotatable bonds is 2. The van der Waals surface area contributed by atoms with Crippen molar-refractivity contribution in [2.24, 2.45) is 0 Å². The SMILES string of the molecule is CCOC(=O)[C@H]1COc2ccc(Cl)cc21. The van der Waals surface area contributed by atoms with E-state index in [2.05, 4.69) is 0 Å². The molecule has 1 atom stereocenters. The number of hydrogen-bond acceptors (Lipinski definition) is 3. The van der Waals surface area contributed by atoms with Crippen molar-refractivity contribution in [3.05, 3.63) is 28.8 Å². The first-order valence-electron chi connectivity index (χ1n) is 4.81. The molecule has 1 aliphatic heterocycles. The van der Waals surface area contributed by atoms with Crippen LogP contribution in [-0.2, 0) is 9.53 Å². The second kappa shape index (κ2) is 4.11. The highest BCUT2D eigenvalue weighted by molar-refractivity contribution is 6.30. The van der Waals surface area contributed by atoms with E-state index < -0.39 is 0 Å². The molecule has 1 aromatic rings. The van der Waals surface area contributed by atoms with Gasteiger partial charge < -0.3 is 9.47 Å². The van der Waals surface area contributed by atoms with Gasteiger partial charge in [0.1, 0.15) is 18.3 Å². The minimum absolute atomic E-state index is 0.251. The summed E-state index contributed by atoms with van der Waals surface area (Å²) in [6, 6.07) is 5.27. The summed E-state index contributed by atoms with van der Waals surface area (Å²) in [6.07, 6.45) is 0. The Morgan fingerprint density at radius 2 is 2.47 bits per heavy atom. The maximum atomic E-state index is 11.6. The fourth-order valence-corrected chi connectivity index (χ4v) is 1.80. The Morgan fingerprint density at radius 1 is 1.67 bits per heavy atom. The maximum absolute atomic E-state index is 11.6. The van der Waals surface area contributed by atoms with E-state index in [-0.39, 0.29) is 11.9 Å². The van der Waals surface area contributed by atoms with Crippen LogP contribution in [-0.4, -0.2) is 19.2 Å². The summed E-state index contributed by atoms with van der Waals surface area (Å²) in [5.74, 6) is 0.134. The van der Waals surface area contributed by atoms with Crippen molar-refractivity contribution in [2.45, 2.75) is 12.8 Å². The van der Waals surface area contributed by atoms with Gasteiger partial charge in [-0.15, -0.1) is 0 Å². The fraction of sp³-hybridized carbons (Fsp3) is 0.364. The fourth-order valence-electron chi connectivity index (χ4n) is 1.62. The highest BCUT2D eigenvalue weighted by Gasteiger charge is 2.31. The Balaban J connectivity index is 2.27. The third kappa shape index (κ3) is 1.92. The van der Waals surface area contributed by atoms with E-state index in [1.807, 2.05) is 0 Å². The molecule has 0 amide bonds. The Labute approximate surface area is 92.9 Å². The minimum Gasteiger partial charge on any atom is -0.492 e. The number of carbonyl (C=O) groups is 1. The molecule has 15 heavy (non-hydrogen) atoms. The molecule has 80 valence electrons. The van der Waals surface area contributed by atoms with E-state index >= 15 is 0 Å². The lowest BCUT2D eigenvalue weighted by Crippen LogP contribution is -2.17. The Hall–Kier alpha value is -1.22. The summed E-state index contributed by atoms with van der Waals surface area (Å²) in [6.45, 7) is 2.51. The second-order valence-electron chi connectivity index (χ2n) is 3.30. The van der Waals surface area contributed by atoms with Crippen LogP contribution in [0.1, 0.15) is 18.4 Å². The monoisotopic (exact) mass is 226 g/mol. The van der Waals surface area contributed by atoms with Crippen molar-refractivity contribution in [1.82, 2.24) is 0 Å². The summed E-state index contributed by atoms with van der Waals surface area (Å²) < 4.78 is 10.3. The summed E-state index contributed by atoms with van der Waals surface area (Å²) in [5, 5.41) is 0.605. The molecule has 1 aromatic carbocycles. The van der Waals surface area contributed by atoms with Crippen LogP contribution in [0, 0.1) is 0 Å². The highest BCUT2D eigenvalue weighted by Crippen LogP contribution is 2.36. The van der Waals surface area contributed by atoms with Crippen molar-refractivity contribution < 1.29 is 14.3 Å². The van der Waals surface area contributed by atoms with Crippen LogP contribution in [0.5, 0.6) is 5.75 Å². The van der Waals surface area contributed by atoms with Gasteiger partial charge in [-0.25, -0.2) is 0 Å². The van der Waals surface area contributed by atoms with Crippen LogP contribution in [0.2, 0.25) is 5.02 Å². The molecule has 0 spiro atoms. The van der Waals surface area contributed by atoms with Gasteiger partial charge in [-0.05, 0) is 25.1 Å². The lowest BCUT2D eigenvalue weighted by Gasteiger charge is -2.07. The highest BCUT2D eigenvalue weighted by atomic mass is 35.5. The zero-order chi connectivity index (χ0) is 10.8. The molecular formula is C11H11ClO3. The number of benzene rings is 1. The van der Waals surface area contributed by atoms with Crippen LogP contribution in [0.3, 0.4) is 0 Å². The molecule has 0 saturated carbocycles. The molecule has 0 unspecified atom stereocenters. The van der Waals surface area contributed by atoms with Crippen LogP contribution >= 0.6 is 11.6 Å². The molecule has 0 N–H and O–H groups in total. The predicted octanol–water partition coefficient (Wildman–Crippen LogP) is 2.38. The molecule has 2 rings (SSSR count). The summed E-state index contributed by atoms with van der Waals surface area (Å²) >= 11 is 5.86. The van der Waals surface area contributed by atoms with Crippen molar-refractivity contribution in [3.8, 4) is 5.75 Å². The van der Waals surface area contributed by atoms with Gasteiger partial charge in [-0.1, -0.05) is 11.6 Å². The normalized spacial score (nSPS) is 18.1. The molecule has 0 aromatic heterocycles. The lowest BCUT2D eigenvalue weighted by molar-refractivity contribution is -0.145. The van der Waals surface area contributed by atoms with Gasteiger partial charge >= 0.3 is 5.97 Å². The average molecular weight is 227 g/mol. The number of halogens is 1. The van der Waals surface area contributed by atoms with E-state index in [9.17, 15) is 4.79 Å². The van der Waals surface area contributed by atoms with Crippen LogP contribution in [0.15, 0.2) is 18.2 Å². The van der Waals surface area contributed by atoms with E-state index in [1.54, 1.807) is 25.1 Å². The summed E-state index contributed by atoms with van der Waals surface area (Å²) in [4.78, 5) is 11.6. The molecule has 0 aliphatic carbocycles. The molecule has 0 bridgehead atoms. The first kappa shape index (κ1) is 10.3. The maximum Gasteiger partial charge on any atom is 0.317 e. The molecule has 3 nitrogen and oxygen atoms in total. The van der Waals surface area contributed by atoms with Gasteiger partial charge in [0, 0.05) is 10.6 Å². The largest absolute Gasteiger partial charge is 0.492 e. The smallest absolute Gasteiger partial charge is 0.317 e. The second-order valence-corrected chi connectivity index (χ2v) is 3.73. The van der Waals surface area contributed by atoms with Crippen molar-refractivity contribution >= 4 is 17.6 Å². The standard InChI is InChI=1S/C11H11ClO3/c1-2-14-11(13)9-6-15-10-4-3-7(12)5-8(9)10/h3-5,9H,2,6H2,1H3/t9-/m0/s1. The minimum atomic E-state index is -0.335. The lowest BCUT2D eigenvalue weighted by atomic mass is 10.0. The summed E-state index contributed by atoms with van der Waals surface area (Å²) in [7, 11) is 0. The Kier molecular flexibility index (Phi) is 2.82. The van der Waals surface area contributed by atoms with E-state index in [0.717, 1.165) is 11.3 Å². The third-order valence-electron chi connectivity index (χ3n) is 2.32. The first-order valence-corrected chi connectivity index (χ1v) is 5.19. The van der Waals surface area contributed by atoms with Gasteiger partial charge in [0.15, 0.2) is 0 Å². The van der Waals surface area contributed by atoms with Gasteiger partial charge in [0.2, 0.25) is 0 Å². The zero-order valence-electron chi connectivity index (χ0n) is 8.33. The molecule has 4 heteroatoms. The molecular weight excluding hydrogens is 216 g/mol. The van der Waals surface area contributed by atoms with E-state index in [0.29, 0.717) is 18.2 Å². The quantitative estimate of drug-likeness (QED) is 0.727. The van der Waals surface area contributed by atoms with Crippen LogP contribution < -0.4 is 4.74 Å². The average Bonchev–Trinajstić information content (AvgIpc) is 2.60. The molecule has 0 radical (unpaired) electrons. The summed E-state index contributed by atoms with van der Waals surface area (Å²) in [5.41, 5.74) is 0.820. The molecule has 1 heterocycles. The van der Waals surface area contributed by atoms with Crippen molar-refractivity contribution in [2.75, 3.05) is 13.2 Å². The zero-order valence-corrected chi connectivity index (χ0v) is 9.08. The number of esters is 1. The van der Waals surface area contributed by atoms with E-state index in [1.165, 1.54) is 0 Å². The Bertz CT molecular complexity index is 389. The van der Waals surface area contributed by atoms with Gasteiger partial charge in [-0.2, -0.15) is 0 Å². The Morgan fingerprint density at radius 3 is 3.20 bits per heavy atom. The van der Waals surface area contributed by atoms with Crippen LogP contribution in [0.25, 0.3) is 0 Å². The van der Waals surface area contributed by atoms with Crippen LogP contribution in [0.4, 0.5) is 0 Å². The molecule has 0 saturated heterocycles. The number of ether oxygens (including phenoxy) is 2. The molecule has 0 fully saturated rings. The van der Waals surface area contributed by atoms with Gasteiger partial charge in [0.25, 0.3) is 0 Å². The van der Waals surface area contributed by atoms with Gasteiger partial charge in [-0.3, -0.25) is 4.79 Å². The number of carbonyl (C=O) groups excluding carboxylic acids is 1. The number of fused-ring (bicyclic) bond motifs is 1. The van der Waals surface area contributed by atoms with E-state index in [4.69, 9.17) is 21.1 Å². The van der Waals surface area contributed by atoms with Crippen molar-refractivity contribution in [1.29, 1.82) is 0 Å². The van der Waals surface area contributed by atoms with Crippen molar-refractivity contribution in [3.63, 3.8) is 0 Å². The topological polar surface area (TPSA) is 35.5 Å². The predicted molar refractivity (Wildman–Crippen MR) is 56.3 cm³/mol. The first-order chi connectivity index (χ1) is 7.22. The third-order valence-corrected chi connectivity index (χ3v) is 2.56.